The first-order chi connectivity index (χ1) is 22.8. The maximum Gasteiger partial charge on any atom is 0.469 e. The van der Waals surface area contributed by atoms with Gasteiger partial charge in [-0.1, -0.05) is 127 Å². The van der Waals surface area contributed by atoms with Crippen molar-refractivity contribution in [1.82, 2.24) is 0 Å². The van der Waals surface area contributed by atoms with Gasteiger partial charge in [-0.25, -0.2) is 4.57 Å². The Morgan fingerprint density at radius 3 is 1.55 bits per heavy atom. The lowest BCUT2D eigenvalue weighted by Gasteiger charge is -2.18. The molecule has 0 aromatic carbocycles. The van der Waals surface area contributed by atoms with E-state index in [2.05, 4.69) is 67.0 Å². The van der Waals surface area contributed by atoms with Gasteiger partial charge in [-0.2, -0.15) is 0 Å². The Bertz CT molecular complexity index is 905. The molecule has 0 aromatic rings. The van der Waals surface area contributed by atoms with Crippen LogP contribution < -0.4 is 0 Å². The molecule has 0 saturated carbocycles. The molecule has 47 heavy (non-hydrogen) atoms. The topological polar surface area (TPSA) is 119 Å². The number of rotatable bonds is 33. The Morgan fingerprint density at radius 1 is 0.574 bits per heavy atom. The van der Waals surface area contributed by atoms with Crippen LogP contribution in [0.1, 0.15) is 162 Å². The highest BCUT2D eigenvalue weighted by Crippen LogP contribution is 2.36. The van der Waals surface area contributed by atoms with Gasteiger partial charge in [0.05, 0.1) is 6.61 Å². The second-order valence-electron chi connectivity index (χ2n) is 12.2. The average molecular weight is 683 g/mol. The van der Waals surface area contributed by atoms with Crippen molar-refractivity contribution in [1.29, 1.82) is 0 Å². The lowest BCUT2D eigenvalue weighted by Crippen LogP contribution is -2.29. The Labute approximate surface area is 286 Å². The van der Waals surface area contributed by atoms with E-state index in [4.69, 9.17) is 19.3 Å². The van der Waals surface area contributed by atoms with Gasteiger partial charge in [-0.05, 0) is 70.6 Å². The van der Waals surface area contributed by atoms with E-state index in [9.17, 15) is 14.2 Å². The summed E-state index contributed by atoms with van der Waals surface area (Å²) in [5.41, 5.74) is 0. The number of hydrogen-bond acceptors (Lipinski definition) is 6. The van der Waals surface area contributed by atoms with Crippen molar-refractivity contribution in [3.63, 3.8) is 0 Å². The van der Waals surface area contributed by atoms with Gasteiger partial charge in [0.25, 0.3) is 0 Å². The summed E-state index contributed by atoms with van der Waals surface area (Å²) in [5, 5.41) is 0. The van der Waals surface area contributed by atoms with E-state index in [-0.39, 0.29) is 19.4 Å². The molecule has 0 amide bonds. The Morgan fingerprint density at radius 2 is 1.02 bits per heavy atom. The van der Waals surface area contributed by atoms with Gasteiger partial charge in [-0.15, -0.1) is 0 Å². The van der Waals surface area contributed by atoms with Crippen molar-refractivity contribution in [2.24, 2.45) is 0 Å². The molecule has 0 aliphatic rings. The number of unbranched alkanes of at least 4 members (excludes halogenated alkanes) is 15. The normalized spacial score (nSPS) is 13.0. The van der Waals surface area contributed by atoms with Crippen molar-refractivity contribution in [2.45, 2.75) is 168 Å². The minimum atomic E-state index is -4.75. The number of phosphoric acid groups is 1. The SMILES string of the molecule is CC/C=C\C/C=C\C/C=C\CCCCCCCC(=O)OC[C@H](COP(=O)(O)O)OC(=O)CCCCCCC/C=C\CCCCCCC. The summed E-state index contributed by atoms with van der Waals surface area (Å²) in [4.78, 5) is 42.7. The Balaban J connectivity index is 4.03. The molecule has 0 saturated heterocycles. The monoisotopic (exact) mass is 682 g/mol. The van der Waals surface area contributed by atoms with Crippen LogP contribution in [0.5, 0.6) is 0 Å². The number of phosphoric ester groups is 1. The third-order valence-electron chi connectivity index (χ3n) is 7.58. The number of esters is 2. The first kappa shape index (κ1) is 45.0. The maximum absolute atomic E-state index is 12.3. The summed E-state index contributed by atoms with van der Waals surface area (Å²) in [7, 11) is -4.75. The molecule has 0 rings (SSSR count). The molecule has 9 heteroatoms. The van der Waals surface area contributed by atoms with Crippen LogP contribution in [0, 0.1) is 0 Å². The fourth-order valence-electron chi connectivity index (χ4n) is 4.85. The lowest BCUT2D eigenvalue weighted by atomic mass is 10.1. The molecule has 0 unspecified atom stereocenters. The van der Waals surface area contributed by atoms with Crippen LogP contribution in [-0.4, -0.2) is 41.0 Å². The third kappa shape index (κ3) is 36.7. The molecule has 272 valence electrons. The van der Waals surface area contributed by atoms with Crippen molar-refractivity contribution in [2.75, 3.05) is 13.2 Å². The highest BCUT2D eigenvalue weighted by Gasteiger charge is 2.22. The molecular formula is C38H67O8P. The van der Waals surface area contributed by atoms with Crippen molar-refractivity contribution < 1.29 is 37.9 Å². The quantitative estimate of drug-likeness (QED) is 0.0304. The van der Waals surface area contributed by atoms with E-state index in [0.29, 0.717) is 12.8 Å². The molecule has 8 nitrogen and oxygen atoms in total. The van der Waals surface area contributed by atoms with Crippen LogP contribution in [0.2, 0.25) is 0 Å². The number of allylic oxidation sites excluding steroid dienone is 8. The summed E-state index contributed by atoms with van der Waals surface area (Å²) in [6, 6.07) is 0. The standard InChI is InChI=1S/C38H67O8P/c1-3-5-7-9-11-13-15-17-19-21-22-24-26-28-30-32-37(39)44-34-36(35-45-47(41,42)43)46-38(40)33-31-29-27-25-23-20-18-16-14-12-10-8-6-4-2/h5,7,11,13,16-19,36H,3-4,6,8-10,12,14-15,20-35H2,1-2H3,(H2,41,42,43)/b7-5-,13-11-,18-16-,19-17-/t36-/m1/s1. The average Bonchev–Trinajstić information content (AvgIpc) is 3.03. The van der Waals surface area contributed by atoms with Crippen LogP contribution in [-0.2, 0) is 28.2 Å². The second-order valence-corrected chi connectivity index (χ2v) is 13.4. The lowest BCUT2D eigenvalue weighted by molar-refractivity contribution is -0.161. The number of carbonyl (C=O) groups excluding carboxylic acids is 2. The largest absolute Gasteiger partial charge is 0.469 e. The fourth-order valence-corrected chi connectivity index (χ4v) is 5.21. The van der Waals surface area contributed by atoms with E-state index < -0.39 is 32.5 Å². The number of ether oxygens (including phenoxy) is 2. The maximum atomic E-state index is 12.3. The minimum absolute atomic E-state index is 0.196. The summed E-state index contributed by atoms with van der Waals surface area (Å²) in [5.74, 6) is -0.918. The molecule has 1 atom stereocenters. The van der Waals surface area contributed by atoms with Crippen LogP contribution in [0.3, 0.4) is 0 Å². The summed E-state index contributed by atoms with van der Waals surface area (Å²) >= 11 is 0. The molecule has 2 N–H and O–H groups in total. The zero-order valence-corrected chi connectivity index (χ0v) is 30.6. The fraction of sp³-hybridized carbons (Fsp3) is 0.737. The molecular weight excluding hydrogens is 615 g/mol. The van der Waals surface area contributed by atoms with Gasteiger partial charge in [0.1, 0.15) is 6.61 Å². The molecule has 0 heterocycles. The van der Waals surface area contributed by atoms with Crippen LogP contribution in [0.15, 0.2) is 48.6 Å². The van der Waals surface area contributed by atoms with Crippen LogP contribution in [0.4, 0.5) is 0 Å². The first-order valence-corrected chi connectivity index (χ1v) is 20.0. The van der Waals surface area contributed by atoms with E-state index in [1.165, 1.54) is 38.5 Å². The van der Waals surface area contributed by atoms with Gasteiger partial charge in [0.2, 0.25) is 0 Å². The zero-order chi connectivity index (χ0) is 34.7. The molecule has 0 fully saturated rings. The van der Waals surface area contributed by atoms with Gasteiger partial charge in [0, 0.05) is 12.8 Å². The molecule has 0 bridgehead atoms. The van der Waals surface area contributed by atoms with Crippen molar-refractivity contribution in [3.05, 3.63) is 48.6 Å². The second kappa shape index (κ2) is 33.9. The molecule has 0 radical (unpaired) electrons. The predicted octanol–water partition coefficient (Wildman–Crippen LogP) is 10.8. The van der Waals surface area contributed by atoms with Gasteiger partial charge in [-0.3, -0.25) is 14.1 Å². The van der Waals surface area contributed by atoms with Gasteiger partial charge < -0.3 is 19.3 Å². The van der Waals surface area contributed by atoms with Gasteiger partial charge >= 0.3 is 19.8 Å². The molecule has 0 aliphatic carbocycles. The highest BCUT2D eigenvalue weighted by atomic mass is 31.2. The highest BCUT2D eigenvalue weighted by molar-refractivity contribution is 7.46. The Kier molecular flexibility index (Phi) is 32.5. The molecule has 0 spiro atoms. The number of hydrogen-bond donors (Lipinski definition) is 2. The summed E-state index contributed by atoms with van der Waals surface area (Å²) in [6.45, 7) is 3.52. The van der Waals surface area contributed by atoms with E-state index in [1.807, 2.05) is 0 Å². The first-order valence-electron chi connectivity index (χ1n) is 18.4. The zero-order valence-electron chi connectivity index (χ0n) is 29.7. The molecule has 0 aliphatic heterocycles. The van der Waals surface area contributed by atoms with Gasteiger partial charge in [0.15, 0.2) is 6.10 Å². The van der Waals surface area contributed by atoms with Crippen molar-refractivity contribution in [3.8, 4) is 0 Å². The summed E-state index contributed by atoms with van der Waals surface area (Å²) < 4.78 is 26.3. The van der Waals surface area contributed by atoms with Crippen molar-refractivity contribution >= 4 is 19.8 Å². The molecule has 0 aromatic heterocycles. The Hall–Kier alpha value is -1.99. The van der Waals surface area contributed by atoms with Crippen LogP contribution >= 0.6 is 7.82 Å². The number of carbonyl (C=O) groups is 2. The minimum Gasteiger partial charge on any atom is -0.462 e. The smallest absolute Gasteiger partial charge is 0.462 e. The summed E-state index contributed by atoms with van der Waals surface area (Å²) in [6.07, 6.45) is 39.7. The van der Waals surface area contributed by atoms with Crippen LogP contribution in [0.25, 0.3) is 0 Å². The van der Waals surface area contributed by atoms with E-state index in [0.717, 1.165) is 83.5 Å². The van der Waals surface area contributed by atoms with E-state index >= 15 is 0 Å². The van der Waals surface area contributed by atoms with E-state index in [1.54, 1.807) is 0 Å². The third-order valence-corrected chi connectivity index (χ3v) is 8.07. The predicted molar refractivity (Wildman–Crippen MR) is 193 cm³/mol.